The molecule has 4 aromatic heterocycles. The summed E-state index contributed by atoms with van der Waals surface area (Å²) in [5.41, 5.74) is 7.05. The van der Waals surface area contributed by atoms with E-state index in [2.05, 4.69) is 97.0 Å². The predicted octanol–water partition coefficient (Wildman–Crippen LogP) is 11.4. The molecule has 1 aliphatic heterocycles. The highest BCUT2D eigenvalue weighted by Gasteiger charge is 2.32. The molecule has 5 heterocycles. The van der Waals surface area contributed by atoms with Gasteiger partial charge in [0.2, 0.25) is 5.95 Å². The molecule has 0 unspecified atom stereocenters. The topological polar surface area (TPSA) is 85.1 Å². The van der Waals surface area contributed by atoms with E-state index in [0.717, 1.165) is 56.3 Å². The van der Waals surface area contributed by atoms with E-state index < -0.39 is 0 Å². The van der Waals surface area contributed by atoms with Gasteiger partial charge < -0.3 is 9.64 Å². The third-order valence-corrected chi connectivity index (χ3v) is 10.4. The molecule has 9 aromatic rings. The highest BCUT2D eigenvalue weighted by molar-refractivity contribution is 6.09. The van der Waals surface area contributed by atoms with Crippen LogP contribution in [-0.2, 0) is 5.41 Å². The van der Waals surface area contributed by atoms with Crippen LogP contribution in [0, 0.1) is 0 Å². The monoisotopic (exact) mass is 742 g/mol. The Morgan fingerprint density at radius 1 is 0.544 bits per heavy atom. The molecule has 0 saturated carbocycles. The van der Waals surface area contributed by atoms with Crippen LogP contribution in [0.1, 0.15) is 26.3 Å². The van der Waals surface area contributed by atoms with Gasteiger partial charge >= 0.3 is 0 Å². The number of para-hydroxylation sites is 1. The molecule has 0 aliphatic carbocycles. The average Bonchev–Trinajstić information content (AvgIpc) is 3.80. The van der Waals surface area contributed by atoms with E-state index in [9.17, 15) is 0 Å². The van der Waals surface area contributed by atoms with E-state index in [1.54, 1.807) is 6.20 Å². The summed E-state index contributed by atoms with van der Waals surface area (Å²) in [7, 11) is 0. The van der Waals surface area contributed by atoms with Crippen LogP contribution in [0.25, 0.3) is 50.4 Å². The van der Waals surface area contributed by atoms with Crippen LogP contribution in [-0.4, -0.2) is 36.2 Å². The first-order chi connectivity index (χ1) is 27.9. The van der Waals surface area contributed by atoms with Crippen molar-refractivity contribution < 1.29 is 4.74 Å². The van der Waals surface area contributed by atoms with Crippen LogP contribution < -0.4 is 14.5 Å². The number of hydrogen-bond donors (Lipinski definition) is 0. The van der Waals surface area contributed by atoms with Crippen molar-refractivity contribution in [1.82, 2.24) is 29.5 Å². The molecule has 5 aromatic carbocycles. The number of nitrogens with zero attached hydrogens (tertiary/aromatic N) is 8. The van der Waals surface area contributed by atoms with Crippen LogP contribution in [0.5, 0.6) is 11.5 Å². The van der Waals surface area contributed by atoms with Gasteiger partial charge in [-0.2, -0.15) is 9.97 Å². The quantitative estimate of drug-likeness (QED) is 0.160. The zero-order chi connectivity index (χ0) is 38.5. The van der Waals surface area contributed by atoms with Crippen molar-refractivity contribution in [2.75, 3.05) is 16.5 Å². The number of fused-ring (bicyclic) bond motifs is 4. The minimum absolute atomic E-state index is 0.0137. The first kappa shape index (κ1) is 34.1. The lowest BCUT2D eigenvalue weighted by molar-refractivity contribution is 0.483. The van der Waals surface area contributed by atoms with Crippen LogP contribution in [0.2, 0.25) is 0 Å². The summed E-state index contributed by atoms with van der Waals surface area (Å²) in [6.45, 7) is 7.12. The highest BCUT2D eigenvalue weighted by Crippen LogP contribution is 2.43. The zero-order valence-electron chi connectivity index (χ0n) is 31.8. The summed E-state index contributed by atoms with van der Waals surface area (Å²) < 4.78 is 8.89. The maximum Gasteiger partial charge on any atom is 0.236 e. The molecule has 57 heavy (non-hydrogen) atoms. The molecule has 0 N–H and O–H groups in total. The number of aromatic nitrogens is 6. The Bertz CT molecular complexity index is 2860. The normalized spacial score (nSPS) is 12.7. The Morgan fingerprint density at radius 2 is 1.25 bits per heavy atom. The number of pyridine rings is 2. The second kappa shape index (κ2) is 13.7. The fourth-order valence-corrected chi connectivity index (χ4v) is 7.51. The SMILES string of the molecule is CC(C)(C)c1ccnc(-n2c3ccccc3c3ccc(Oc4cccc(N5CN(c6nc(-c7ccccc7)nc(-c7ccccc7)n6)c6ncccc65)c4)cc32)c1. The van der Waals surface area contributed by atoms with Gasteiger partial charge in [0, 0.05) is 52.1 Å². The van der Waals surface area contributed by atoms with E-state index in [1.807, 2.05) is 96.0 Å². The Hall–Kier alpha value is -7.39. The number of anilines is 4. The van der Waals surface area contributed by atoms with Crippen molar-refractivity contribution >= 4 is 44.9 Å². The molecule has 0 radical (unpaired) electrons. The average molecular weight is 743 g/mol. The largest absolute Gasteiger partial charge is 0.457 e. The van der Waals surface area contributed by atoms with E-state index in [4.69, 9.17) is 29.7 Å². The van der Waals surface area contributed by atoms with Gasteiger partial charge in [0.25, 0.3) is 0 Å². The van der Waals surface area contributed by atoms with Crippen molar-refractivity contribution in [2.45, 2.75) is 26.2 Å². The molecular weight excluding hydrogens is 705 g/mol. The summed E-state index contributed by atoms with van der Waals surface area (Å²) in [5.74, 6) is 4.79. The first-order valence-corrected chi connectivity index (χ1v) is 19.0. The van der Waals surface area contributed by atoms with Crippen molar-refractivity contribution in [3.05, 3.63) is 170 Å². The van der Waals surface area contributed by atoms with Crippen LogP contribution in [0.4, 0.5) is 23.1 Å². The van der Waals surface area contributed by atoms with Crippen molar-refractivity contribution in [1.29, 1.82) is 0 Å². The van der Waals surface area contributed by atoms with Crippen LogP contribution in [0.3, 0.4) is 0 Å². The molecular formula is C48H38N8O. The Labute approximate surface area is 330 Å². The maximum absolute atomic E-state index is 6.66. The second-order valence-corrected chi connectivity index (χ2v) is 15.1. The minimum Gasteiger partial charge on any atom is -0.457 e. The standard InChI is InChI=1S/C48H38N8O/c1-48(2,3)34-25-27-49-43(28-34)56-40-21-11-10-20-38(40)39-24-23-37(30-42(39)56)57-36-19-12-18-35(29-36)54-31-55(46-41(54)22-13-26-50-46)47-52-44(32-14-6-4-7-15-32)51-45(53-47)33-16-8-5-9-17-33/h4-30H,31H2,1-3H3. The highest BCUT2D eigenvalue weighted by atomic mass is 16.5. The Morgan fingerprint density at radius 3 is 2.00 bits per heavy atom. The predicted molar refractivity (Wildman–Crippen MR) is 228 cm³/mol. The van der Waals surface area contributed by atoms with E-state index in [-0.39, 0.29) is 5.41 Å². The first-order valence-electron chi connectivity index (χ1n) is 19.0. The van der Waals surface area contributed by atoms with Gasteiger partial charge in [-0.1, -0.05) is 106 Å². The Kier molecular flexibility index (Phi) is 8.22. The number of benzene rings is 5. The van der Waals surface area contributed by atoms with Gasteiger partial charge in [-0.15, -0.1) is 0 Å². The molecule has 9 nitrogen and oxygen atoms in total. The third-order valence-electron chi connectivity index (χ3n) is 10.4. The lowest BCUT2D eigenvalue weighted by Gasteiger charge is -2.21. The lowest BCUT2D eigenvalue weighted by Crippen LogP contribution is -2.26. The number of ether oxygens (including phenoxy) is 1. The number of rotatable bonds is 7. The smallest absolute Gasteiger partial charge is 0.236 e. The van der Waals surface area contributed by atoms with Crippen molar-refractivity contribution in [2.24, 2.45) is 0 Å². The molecule has 1 aliphatic rings. The van der Waals surface area contributed by atoms with Gasteiger partial charge in [-0.25, -0.2) is 15.0 Å². The van der Waals surface area contributed by atoms with E-state index in [1.165, 1.54) is 10.9 Å². The summed E-state index contributed by atoms with van der Waals surface area (Å²) in [6.07, 6.45) is 3.71. The summed E-state index contributed by atoms with van der Waals surface area (Å²) in [4.78, 5) is 28.8. The molecule has 10 rings (SSSR count). The van der Waals surface area contributed by atoms with Gasteiger partial charge in [-0.05, 0) is 65.6 Å². The van der Waals surface area contributed by atoms with Gasteiger partial charge in [-0.3, -0.25) is 9.47 Å². The third kappa shape index (κ3) is 6.29. The number of hydrogen-bond acceptors (Lipinski definition) is 8. The van der Waals surface area contributed by atoms with Crippen molar-refractivity contribution in [3.63, 3.8) is 0 Å². The molecule has 0 fully saturated rings. The van der Waals surface area contributed by atoms with E-state index in [0.29, 0.717) is 30.0 Å². The van der Waals surface area contributed by atoms with Gasteiger partial charge in [0.1, 0.15) is 24.0 Å². The fourth-order valence-electron chi connectivity index (χ4n) is 7.51. The minimum atomic E-state index is -0.0137. The molecule has 0 spiro atoms. The summed E-state index contributed by atoms with van der Waals surface area (Å²) in [5, 5.41) is 2.31. The molecule has 276 valence electrons. The lowest BCUT2D eigenvalue weighted by atomic mass is 9.88. The van der Waals surface area contributed by atoms with Crippen LogP contribution in [0.15, 0.2) is 164 Å². The zero-order valence-corrected chi connectivity index (χ0v) is 31.8. The van der Waals surface area contributed by atoms with Gasteiger partial charge in [0.05, 0.1) is 16.7 Å². The molecule has 0 bridgehead atoms. The fraction of sp³-hybridized carbons (Fsp3) is 0.104. The molecule has 0 atom stereocenters. The van der Waals surface area contributed by atoms with Gasteiger partial charge in [0.15, 0.2) is 17.5 Å². The van der Waals surface area contributed by atoms with E-state index >= 15 is 0 Å². The molecule has 0 amide bonds. The molecule has 0 saturated heterocycles. The Balaban J connectivity index is 1.01. The summed E-state index contributed by atoms with van der Waals surface area (Å²) in [6, 6.07) is 51.2. The maximum atomic E-state index is 6.66. The van der Waals surface area contributed by atoms with Crippen molar-refractivity contribution in [3.8, 4) is 40.1 Å². The molecule has 9 heteroatoms. The van der Waals surface area contributed by atoms with Crippen LogP contribution >= 0.6 is 0 Å². The summed E-state index contributed by atoms with van der Waals surface area (Å²) >= 11 is 0. The second-order valence-electron chi connectivity index (χ2n) is 15.1.